The number of hydrogen-bond donors (Lipinski definition) is 1. The first-order valence-electron chi connectivity index (χ1n) is 6.53. The van der Waals surface area contributed by atoms with Crippen LogP contribution in [0.2, 0.25) is 0 Å². The number of benzene rings is 2. The molecule has 2 rings (SSSR count). The molecule has 0 radical (unpaired) electrons. The Morgan fingerprint density at radius 1 is 0.900 bits per heavy atom. The molecule has 1 N–H and O–H groups in total. The summed E-state index contributed by atoms with van der Waals surface area (Å²) in [7, 11) is 3.20. The van der Waals surface area contributed by atoms with E-state index in [-0.39, 0.29) is 0 Å². The second-order valence-corrected chi connectivity index (χ2v) is 4.91. The maximum atomic E-state index is 10.6. The molecule has 1 atom stereocenters. The maximum absolute atomic E-state index is 10.6. The van der Waals surface area contributed by atoms with Gasteiger partial charge in [0.15, 0.2) is 0 Å². The number of hydrogen-bond acceptors (Lipinski definition) is 3. The van der Waals surface area contributed by atoms with Crippen LogP contribution in [0.3, 0.4) is 0 Å². The SMILES string of the molecule is COc1cc(OC)cc(C(O)c2cc(C)ccc2C)c1. The molecule has 3 heteroatoms. The average molecular weight is 272 g/mol. The van der Waals surface area contributed by atoms with Gasteiger partial charge in [-0.2, -0.15) is 0 Å². The first-order chi connectivity index (χ1) is 9.55. The van der Waals surface area contributed by atoms with Crippen molar-refractivity contribution in [2.45, 2.75) is 20.0 Å². The molecule has 0 aromatic heterocycles. The van der Waals surface area contributed by atoms with Crippen LogP contribution in [0, 0.1) is 13.8 Å². The topological polar surface area (TPSA) is 38.7 Å². The molecule has 0 aliphatic heterocycles. The van der Waals surface area contributed by atoms with Gasteiger partial charge in [-0.1, -0.05) is 23.8 Å². The second-order valence-electron chi connectivity index (χ2n) is 4.91. The van der Waals surface area contributed by atoms with E-state index in [1.807, 2.05) is 44.2 Å². The van der Waals surface area contributed by atoms with Crippen molar-refractivity contribution in [3.63, 3.8) is 0 Å². The van der Waals surface area contributed by atoms with Gasteiger partial charge in [0.1, 0.15) is 17.6 Å². The average Bonchev–Trinajstić information content (AvgIpc) is 2.48. The van der Waals surface area contributed by atoms with E-state index in [9.17, 15) is 5.11 Å². The summed E-state index contributed by atoms with van der Waals surface area (Å²) in [4.78, 5) is 0. The molecular weight excluding hydrogens is 252 g/mol. The molecule has 1 unspecified atom stereocenters. The van der Waals surface area contributed by atoms with E-state index in [1.165, 1.54) is 0 Å². The molecule has 0 saturated heterocycles. The van der Waals surface area contributed by atoms with E-state index >= 15 is 0 Å². The van der Waals surface area contributed by atoms with E-state index in [0.717, 1.165) is 22.3 Å². The Bertz CT molecular complexity index is 583. The predicted octanol–water partition coefficient (Wildman–Crippen LogP) is 3.40. The molecule has 2 aromatic carbocycles. The Kier molecular flexibility index (Phi) is 4.30. The highest BCUT2D eigenvalue weighted by Gasteiger charge is 2.15. The lowest BCUT2D eigenvalue weighted by atomic mass is 9.95. The number of aryl methyl sites for hydroxylation is 2. The lowest BCUT2D eigenvalue weighted by Gasteiger charge is -2.17. The third-order valence-corrected chi connectivity index (χ3v) is 3.42. The molecular formula is C17H20O3. The number of methoxy groups -OCH3 is 2. The van der Waals surface area contributed by atoms with Crippen molar-refractivity contribution < 1.29 is 14.6 Å². The van der Waals surface area contributed by atoms with Crippen molar-refractivity contribution in [1.82, 2.24) is 0 Å². The standard InChI is InChI=1S/C17H20O3/c1-11-5-6-12(2)16(7-11)17(18)13-8-14(19-3)10-15(9-13)20-4/h5-10,17-18H,1-4H3. The van der Waals surface area contributed by atoms with E-state index in [4.69, 9.17) is 9.47 Å². The highest BCUT2D eigenvalue weighted by Crippen LogP contribution is 2.31. The maximum Gasteiger partial charge on any atom is 0.122 e. The fourth-order valence-electron chi connectivity index (χ4n) is 2.22. The van der Waals surface area contributed by atoms with Gasteiger partial charge in [-0.05, 0) is 42.7 Å². The van der Waals surface area contributed by atoms with Crippen molar-refractivity contribution in [2.24, 2.45) is 0 Å². The summed E-state index contributed by atoms with van der Waals surface area (Å²) in [6, 6.07) is 11.5. The van der Waals surface area contributed by atoms with Crippen molar-refractivity contribution in [3.05, 3.63) is 58.7 Å². The third-order valence-electron chi connectivity index (χ3n) is 3.42. The van der Waals surface area contributed by atoms with Crippen LogP contribution in [-0.2, 0) is 0 Å². The first kappa shape index (κ1) is 14.4. The Morgan fingerprint density at radius 3 is 2.05 bits per heavy atom. The highest BCUT2D eigenvalue weighted by atomic mass is 16.5. The van der Waals surface area contributed by atoms with Gasteiger partial charge in [-0.15, -0.1) is 0 Å². The summed E-state index contributed by atoms with van der Waals surface area (Å²) in [5.41, 5.74) is 3.85. The highest BCUT2D eigenvalue weighted by molar-refractivity contribution is 5.44. The van der Waals surface area contributed by atoms with Crippen LogP contribution in [0.5, 0.6) is 11.5 Å². The summed E-state index contributed by atoms with van der Waals surface area (Å²) in [6.07, 6.45) is -0.695. The fourth-order valence-corrected chi connectivity index (χ4v) is 2.22. The Balaban J connectivity index is 2.46. The lowest BCUT2D eigenvalue weighted by Crippen LogP contribution is -2.03. The quantitative estimate of drug-likeness (QED) is 0.927. The Hall–Kier alpha value is -2.00. The summed E-state index contributed by atoms with van der Waals surface area (Å²) < 4.78 is 10.5. The van der Waals surface area contributed by atoms with Gasteiger partial charge in [0.25, 0.3) is 0 Å². The zero-order valence-corrected chi connectivity index (χ0v) is 12.3. The molecule has 0 spiro atoms. The molecule has 106 valence electrons. The molecule has 0 bridgehead atoms. The smallest absolute Gasteiger partial charge is 0.122 e. The third kappa shape index (κ3) is 2.94. The van der Waals surface area contributed by atoms with Crippen molar-refractivity contribution in [2.75, 3.05) is 14.2 Å². The zero-order valence-electron chi connectivity index (χ0n) is 12.3. The van der Waals surface area contributed by atoms with Gasteiger partial charge < -0.3 is 14.6 Å². The fraction of sp³-hybridized carbons (Fsp3) is 0.294. The van der Waals surface area contributed by atoms with Crippen molar-refractivity contribution >= 4 is 0 Å². The van der Waals surface area contributed by atoms with Gasteiger partial charge in [-0.3, -0.25) is 0 Å². The van der Waals surface area contributed by atoms with Crippen LogP contribution < -0.4 is 9.47 Å². The second kappa shape index (κ2) is 5.97. The molecule has 0 aliphatic carbocycles. The summed E-state index contributed by atoms with van der Waals surface area (Å²) >= 11 is 0. The minimum Gasteiger partial charge on any atom is -0.497 e. The molecule has 20 heavy (non-hydrogen) atoms. The molecule has 2 aromatic rings. The minimum absolute atomic E-state index is 0.670. The summed E-state index contributed by atoms with van der Waals surface area (Å²) in [6.45, 7) is 4.01. The minimum atomic E-state index is -0.695. The lowest BCUT2D eigenvalue weighted by molar-refractivity contribution is 0.218. The van der Waals surface area contributed by atoms with Gasteiger partial charge in [0.2, 0.25) is 0 Å². The van der Waals surface area contributed by atoms with E-state index in [2.05, 4.69) is 0 Å². The molecule has 0 fully saturated rings. The normalized spacial score (nSPS) is 12.1. The zero-order chi connectivity index (χ0) is 14.7. The van der Waals surface area contributed by atoms with Gasteiger partial charge in [-0.25, -0.2) is 0 Å². The van der Waals surface area contributed by atoms with Crippen molar-refractivity contribution in [3.8, 4) is 11.5 Å². The predicted molar refractivity (Wildman–Crippen MR) is 79.5 cm³/mol. The van der Waals surface area contributed by atoms with E-state index in [1.54, 1.807) is 20.3 Å². The molecule has 0 aliphatic rings. The van der Waals surface area contributed by atoms with E-state index < -0.39 is 6.10 Å². The van der Waals surface area contributed by atoms with Crippen LogP contribution in [-0.4, -0.2) is 19.3 Å². The van der Waals surface area contributed by atoms with Gasteiger partial charge in [0, 0.05) is 6.07 Å². The van der Waals surface area contributed by atoms with Gasteiger partial charge in [0.05, 0.1) is 14.2 Å². The molecule has 0 amide bonds. The van der Waals surface area contributed by atoms with Crippen LogP contribution in [0.25, 0.3) is 0 Å². The molecule has 3 nitrogen and oxygen atoms in total. The van der Waals surface area contributed by atoms with Crippen LogP contribution in [0.1, 0.15) is 28.4 Å². The Labute approximate surface area is 119 Å². The number of aliphatic hydroxyl groups excluding tert-OH is 1. The molecule has 0 saturated carbocycles. The van der Waals surface area contributed by atoms with Gasteiger partial charge >= 0.3 is 0 Å². The first-order valence-corrected chi connectivity index (χ1v) is 6.53. The number of ether oxygens (including phenoxy) is 2. The molecule has 0 heterocycles. The van der Waals surface area contributed by atoms with Crippen LogP contribution >= 0.6 is 0 Å². The Morgan fingerprint density at radius 2 is 1.50 bits per heavy atom. The van der Waals surface area contributed by atoms with E-state index in [0.29, 0.717) is 11.5 Å². The summed E-state index contributed by atoms with van der Waals surface area (Å²) in [5, 5.41) is 10.6. The monoisotopic (exact) mass is 272 g/mol. The number of aliphatic hydroxyl groups is 1. The largest absolute Gasteiger partial charge is 0.497 e. The van der Waals surface area contributed by atoms with Crippen LogP contribution in [0.15, 0.2) is 36.4 Å². The summed E-state index contributed by atoms with van der Waals surface area (Å²) in [5.74, 6) is 1.34. The number of rotatable bonds is 4. The van der Waals surface area contributed by atoms with Crippen LogP contribution in [0.4, 0.5) is 0 Å². The van der Waals surface area contributed by atoms with Crippen molar-refractivity contribution in [1.29, 1.82) is 0 Å².